The van der Waals surface area contributed by atoms with Crippen LogP contribution >= 0.6 is 35.0 Å². The number of hydrogen-bond donors (Lipinski definition) is 2. The van der Waals surface area contributed by atoms with E-state index < -0.39 is 0 Å². The average Bonchev–Trinajstić information content (AvgIpc) is 2.74. The average molecular weight is 367 g/mol. The summed E-state index contributed by atoms with van der Waals surface area (Å²) in [5.41, 5.74) is 0.886. The van der Waals surface area contributed by atoms with Crippen molar-refractivity contribution in [1.29, 1.82) is 0 Å². The predicted octanol–water partition coefficient (Wildman–Crippen LogP) is 2.65. The van der Waals surface area contributed by atoms with E-state index in [9.17, 15) is 4.79 Å². The minimum atomic E-state index is 0. The van der Waals surface area contributed by atoms with Gasteiger partial charge in [-0.2, -0.15) is 0 Å². The van der Waals surface area contributed by atoms with Gasteiger partial charge in [0.25, 0.3) is 0 Å². The summed E-state index contributed by atoms with van der Waals surface area (Å²) in [5, 5.41) is 6.19. The molecule has 1 atom stereocenters. The highest BCUT2D eigenvalue weighted by Crippen LogP contribution is 2.15. The second-order valence-corrected chi connectivity index (χ2v) is 5.36. The fraction of sp³-hybridized carbons (Fsp3) is 0.417. The highest BCUT2D eigenvalue weighted by atomic mass is 127. The zero-order valence-electron chi connectivity index (χ0n) is 9.41. The van der Waals surface area contributed by atoms with Gasteiger partial charge in [-0.3, -0.25) is 4.79 Å². The maximum Gasteiger partial charge on any atom is 0.224 e. The lowest BCUT2D eigenvalue weighted by Crippen LogP contribution is -2.18. The third-order valence-corrected chi connectivity index (χ3v) is 3.48. The maximum atomic E-state index is 11.7. The first-order chi connectivity index (χ1) is 7.74. The van der Waals surface area contributed by atoms with Crippen LogP contribution < -0.4 is 10.6 Å². The second kappa shape index (κ2) is 7.18. The van der Waals surface area contributed by atoms with Crippen molar-refractivity contribution in [3.8, 4) is 0 Å². The van der Waals surface area contributed by atoms with Crippen LogP contribution in [0.2, 0.25) is 0 Å². The molecule has 2 rings (SSSR count). The molecule has 3 nitrogen and oxygen atoms in total. The van der Waals surface area contributed by atoms with Crippen molar-refractivity contribution < 1.29 is 4.79 Å². The molecule has 1 aliphatic heterocycles. The molecule has 0 spiro atoms. The first-order valence-corrected chi connectivity index (χ1v) is 6.58. The molecular formula is C12H16ClIN2O. The van der Waals surface area contributed by atoms with E-state index in [1.54, 1.807) is 0 Å². The Morgan fingerprint density at radius 1 is 1.41 bits per heavy atom. The zero-order chi connectivity index (χ0) is 11.4. The summed E-state index contributed by atoms with van der Waals surface area (Å²) in [4.78, 5) is 11.7. The van der Waals surface area contributed by atoms with Gasteiger partial charge in [-0.25, -0.2) is 0 Å². The maximum absolute atomic E-state index is 11.7. The molecule has 0 aromatic heterocycles. The molecule has 1 saturated heterocycles. The normalized spacial score (nSPS) is 18.5. The number of carbonyl (C=O) groups excluding carboxylic acids is 1. The number of rotatable bonds is 3. The molecule has 5 heteroatoms. The molecule has 1 aromatic carbocycles. The SMILES string of the molecule is Cl.O=C(CC1CCNC1)Nc1ccc(I)cc1. The van der Waals surface area contributed by atoms with Crippen LogP contribution in [0.3, 0.4) is 0 Å². The Labute approximate surface area is 121 Å². The number of amides is 1. The number of halogens is 2. The van der Waals surface area contributed by atoms with Gasteiger partial charge in [-0.05, 0) is 72.3 Å². The first kappa shape index (κ1) is 14.7. The van der Waals surface area contributed by atoms with Crippen molar-refractivity contribution in [2.75, 3.05) is 18.4 Å². The summed E-state index contributed by atoms with van der Waals surface area (Å²) in [6.07, 6.45) is 1.74. The van der Waals surface area contributed by atoms with Crippen molar-refractivity contribution in [1.82, 2.24) is 5.32 Å². The number of anilines is 1. The molecule has 1 amide bonds. The van der Waals surface area contributed by atoms with Crippen LogP contribution in [-0.4, -0.2) is 19.0 Å². The number of benzene rings is 1. The smallest absolute Gasteiger partial charge is 0.224 e. The van der Waals surface area contributed by atoms with E-state index in [0.717, 1.165) is 25.2 Å². The van der Waals surface area contributed by atoms with E-state index >= 15 is 0 Å². The van der Waals surface area contributed by atoms with Crippen molar-refractivity contribution >= 4 is 46.6 Å². The van der Waals surface area contributed by atoms with Gasteiger partial charge in [-0.1, -0.05) is 0 Å². The van der Waals surface area contributed by atoms with Crippen LogP contribution in [0.25, 0.3) is 0 Å². The van der Waals surface area contributed by atoms with E-state index in [2.05, 4.69) is 33.2 Å². The molecule has 1 fully saturated rings. The highest BCUT2D eigenvalue weighted by Gasteiger charge is 2.17. The molecule has 0 saturated carbocycles. The fourth-order valence-corrected chi connectivity index (χ4v) is 2.26. The van der Waals surface area contributed by atoms with E-state index in [1.807, 2.05) is 24.3 Å². The van der Waals surface area contributed by atoms with Crippen LogP contribution in [-0.2, 0) is 4.79 Å². The molecule has 1 heterocycles. The van der Waals surface area contributed by atoms with Gasteiger partial charge in [0.1, 0.15) is 0 Å². The highest BCUT2D eigenvalue weighted by molar-refractivity contribution is 14.1. The van der Waals surface area contributed by atoms with Gasteiger partial charge in [0, 0.05) is 15.7 Å². The molecule has 2 N–H and O–H groups in total. The van der Waals surface area contributed by atoms with Crippen LogP contribution in [0.1, 0.15) is 12.8 Å². The Balaban J connectivity index is 0.00000144. The van der Waals surface area contributed by atoms with E-state index in [1.165, 1.54) is 3.57 Å². The Bertz CT molecular complexity index is 363. The van der Waals surface area contributed by atoms with Gasteiger partial charge < -0.3 is 10.6 Å². The van der Waals surface area contributed by atoms with Gasteiger partial charge in [0.05, 0.1) is 0 Å². The summed E-state index contributed by atoms with van der Waals surface area (Å²) in [7, 11) is 0. The largest absolute Gasteiger partial charge is 0.326 e. The number of nitrogens with one attached hydrogen (secondary N) is 2. The summed E-state index contributed by atoms with van der Waals surface area (Å²) >= 11 is 2.25. The van der Waals surface area contributed by atoms with Crippen LogP contribution in [0.5, 0.6) is 0 Å². The van der Waals surface area contributed by atoms with E-state index in [-0.39, 0.29) is 18.3 Å². The molecular weight excluding hydrogens is 351 g/mol. The molecule has 1 aromatic rings. The van der Waals surface area contributed by atoms with Crippen molar-refractivity contribution in [3.63, 3.8) is 0 Å². The molecule has 0 bridgehead atoms. The number of carbonyl (C=O) groups is 1. The lowest BCUT2D eigenvalue weighted by molar-refractivity contribution is -0.116. The summed E-state index contributed by atoms with van der Waals surface area (Å²) < 4.78 is 1.18. The molecule has 17 heavy (non-hydrogen) atoms. The molecule has 0 radical (unpaired) electrons. The van der Waals surface area contributed by atoms with Gasteiger partial charge in [0.15, 0.2) is 0 Å². The Kier molecular flexibility index (Phi) is 6.22. The standard InChI is InChI=1S/C12H15IN2O.ClH/c13-10-1-3-11(4-2-10)15-12(16)7-9-5-6-14-8-9;/h1-4,9,14H,5-8H2,(H,15,16);1H. The second-order valence-electron chi connectivity index (χ2n) is 4.12. The summed E-state index contributed by atoms with van der Waals surface area (Å²) in [6, 6.07) is 7.86. The molecule has 1 unspecified atom stereocenters. The molecule has 1 aliphatic rings. The number of hydrogen-bond acceptors (Lipinski definition) is 2. The van der Waals surface area contributed by atoms with Crippen molar-refractivity contribution in [2.24, 2.45) is 5.92 Å². The summed E-state index contributed by atoms with van der Waals surface area (Å²) in [5.74, 6) is 0.624. The topological polar surface area (TPSA) is 41.1 Å². The van der Waals surface area contributed by atoms with Gasteiger partial charge >= 0.3 is 0 Å². The Hall–Kier alpha value is -0.330. The fourth-order valence-electron chi connectivity index (χ4n) is 1.90. The third kappa shape index (κ3) is 4.81. The minimum Gasteiger partial charge on any atom is -0.326 e. The quantitative estimate of drug-likeness (QED) is 0.808. The Morgan fingerprint density at radius 2 is 2.12 bits per heavy atom. The van der Waals surface area contributed by atoms with Crippen molar-refractivity contribution in [3.05, 3.63) is 27.8 Å². The predicted molar refractivity (Wildman–Crippen MR) is 80.6 cm³/mol. The first-order valence-electron chi connectivity index (χ1n) is 5.50. The van der Waals surface area contributed by atoms with E-state index in [0.29, 0.717) is 12.3 Å². The lowest BCUT2D eigenvalue weighted by Gasteiger charge is -2.09. The monoisotopic (exact) mass is 366 g/mol. The zero-order valence-corrected chi connectivity index (χ0v) is 12.4. The van der Waals surface area contributed by atoms with Crippen LogP contribution in [0, 0.1) is 9.49 Å². The van der Waals surface area contributed by atoms with Crippen molar-refractivity contribution in [2.45, 2.75) is 12.8 Å². The minimum absolute atomic E-state index is 0. The van der Waals surface area contributed by atoms with Crippen LogP contribution in [0.4, 0.5) is 5.69 Å². The Morgan fingerprint density at radius 3 is 2.71 bits per heavy atom. The van der Waals surface area contributed by atoms with Gasteiger partial charge in [-0.15, -0.1) is 12.4 Å². The van der Waals surface area contributed by atoms with E-state index in [4.69, 9.17) is 0 Å². The van der Waals surface area contributed by atoms with Crippen LogP contribution in [0.15, 0.2) is 24.3 Å². The molecule has 94 valence electrons. The molecule has 0 aliphatic carbocycles. The van der Waals surface area contributed by atoms with Gasteiger partial charge in [0.2, 0.25) is 5.91 Å². The lowest BCUT2D eigenvalue weighted by atomic mass is 10.0. The third-order valence-electron chi connectivity index (χ3n) is 2.76. The summed E-state index contributed by atoms with van der Waals surface area (Å²) in [6.45, 7) is 2.02.